The van der Waals surface area contributed by atoms with Crippen LogP contribution in [0.3, 0.4) is 0 Å². The first-order chi connectivity index (χ1) is 14.6. The average molecular weight is 472 g/mol. The van der Waals surface area contributed by atoms with Crippen molar-refractivity contribution in [3.05, 3.63) is 33.9 Å². The smallest absolute Gasteiger partial charge is 0.272 e. The lowest BCUT2D eigenvalue weighted by Gasteiger charge is -2.34. The number of nitrogens with zero attached hydrogens (tertiary/aromatic N) is 1. The lowest BCUT2D eigenvalue weighted by molar-refractivity contribution is -0.384. The van der Waals surface area contributed by atoms with Crippen LogP contribution in [0.2, 0.25) is 0 Å². The molecule has 1 aliphatic rings. The highest BCUT2D eigenvalue weighted by Gasteiger charge is 2.28. The zero-order valence-electron chi connectivity index (χ0n) is 18.3. The number of hydrogen-bond acceptors (Lipinski definition) is 6. The Morgan fingerprint density at radius 1 is 1.26 bits per heavy atom. The third-order valence-electron chi connectivity index (χ3n) is 5.36. The van der Waals surface area contributed by atoms with E-state index in [0.29, 0.717) is 5.11 Å². The highest BCUT2D eigenvalue weighted by Crippen LogP contribution is 2.40. The van der Waals surface area contributed by atoms with E-state index in [1.165, 1.54) is 18.2 Å². The number of thiocarbonyl (C=S) groups is 1. The molecule has 174 valence electrons. The molecule has 2 rings (SSSR count). The minimum atomic E-state index is -1.01. The lowest BCUT2D eigenvalue weighted by Crippen LogP contribution is -2.55. The maximum Gasteiger partial charge on any atom is 0.272 e. The van der Waals surface area contributed by atoms with E-state index in [1.54, 1.807) is 7.11 Å². The molecule has 0 spiro atoms. The topological polar surface area (TPSA) is 132 Å². The summed E-state index contributed by atoms with van der Waals surface area (Å²) in [5, 5.41) is 21.2. The number of rotatable bonds is 9. The standard InChI is InChI=1S/C20H33N5O4S2/c1-29-31(2,3)10-6-9-22-20(30)24-18-8-5-4-7-17(18)23-19(26)14-11-15(21)13-16(12-14)25(27)28/h11-13,17-18H,4-10,21H2,1-3H3,(H,23,26)(H2,22,24,30)/t17-,18?/m0/s1. The number of benzene rings is 1. The fourth-order valence-corrected chi connectivity index (χ4v) is 4.78. The minimum absolute atomic E-state index is 0.00483. The predicted octanol–water partition coefficient (Wildman–Crippen LogP) is 2.70. The van der Waals surface area contributed by atoms with E-state index < -0.39 is 15.2 Å². The van der Waals surface area contributed by atoms with Gasteiger partial charge >= 0.3 is 0 Å². The van der Waals surface area contributed by atoms with Crippen LogP contribution >= 0.6 is 22.5 Å². The molecule has 1 saturated carbocycles. The molecule has 0 radical (unpaired) electrons. The Morgan fingerprint density at radius 2 is 1.90 bits per heavy atom. The fourth-order valence-electron chi connectivity index (χ4n) is 3.52. The molecule has 1 fully saturated rings. The molecular formula is C20H33N5O4S2. The van der Waals surface area contributed by atoms with E-state index >= 15 is 0 Å². The van der Waals surface area contributed by atoms with E-state index in [4.69, 9.17) is 22.1 Å². The summed E-state index contributed by atoms with van der Waals surface area (Å²) in [4.78, 5) is 23.2. The monoisotopic (exact) mass is 471 g/mol. The molecule has 1 aliphatic carbocycles. The molecule has 1 unspecified atom stereocenters. The van der Waals surface area contributed by atoms with Gasteiger partial charge in [0.05, 0.1) is 4.92 Å². The lowest BCUT2D eigenvalue weighted by atomic mass is 9.90. The Hall–Kier alpha value is -2.11. The van der Waals surface area contributed by atoms with E-state index in [0.717, 1.165) is 44.4 Å². The van der Waals surface area contributed by atoms with Crippen molar-refractivity contribution < 1.29 is 13.9 Å². The van der Waals surface area contributed by atoms with Gasteiger partial charge in [-0.3, -0.25) is 14.9 Å². The van der Waals surface area contributed by atoms with Crippen LogP contribution < -0.4 is 21.7 Å². The van der Waals surface area contributed by atoms with Gasteiger partial charge in [0.15, 0.2) is 5.11 Å². The number of carbonyl (C=O) groups excluding carboxylic acids is 1. The van der Waals surface area contributed by atoms with Gasteiger partial charge < -0.3 is 25.9 Å². The van der Waals surface area contributed by atoms with Gasteiger partial charge in [0.25, 0.3) is 11.6 Å². The van der Waals surface area contributed by atoms with Crippen molar-refractivity contribution in [2.75, 3.05) is 37.7 Å². The first-order valence-corrected chi connectivity index (χ1v) is 13.2. The van der Waals surface area contributed by atoms with Gasteiger partial charge in [-0.1, -0.05) is 12.8 Å². The molecule has 2 atom stereocenters. The average Bonchev–Trinajstić information content (AvgIpc) is 2.72. The van der Waals surface area contributed by atoms with E-state index in [9.17, 15) is 14.9 Å². The number of non-ortho nitro benzene ring substituents is 1. The molecule has 0 aromatic heterocycles. The summed E-state index contributed by atoms with van der Waals surface area (Å²) in [7, 11) is 0.737. The summed E-state index contributed by atoms with van der Waals surface area (Å²) in [6, 6.07) is 3.80. The molecule has 31 heavy (non-hydrogen) atoms. The van der Waals surface area contributed by atoms with Crippen molar-refractivity contribution in [3.8, 4) is 0 Å². The van der Waals surface area contributed by atoms with Crippen LogP contribution in [0.1, 0.15) is 42.5 Å². The first kappa shape index (κ1) is 25.2. The van der Waals surface area contributed by atoms with Gasteiger partial charge in [0, 0.05) is 54.9 Å². The number of hydrogen-bond donors (Lipinski definition) is 4. The zero-order chi connectivity index (χ0) is 23.0. The highest BCUT2D eigenvalue weighted by molar-refractivity contribution is 8.28. The molecule has 0 saturated heterocycles. The maximum absolute atomic E-state index is 12.7. The maximum atomic E-state index is 12.7. The molecular weight excluding hydrogens is 438 g/mol. The SMILES string of the molecule is COS(C)(C)CCCNC(=S)NC1CCCC[C@@H]1NC(=O)c1cc(N)cc([N+](=O)[O-])c1. The number of carbonyl (C=O) groups is 1. The van der Waals surface area contributed by atoms with Crippen molar-refractivity contribution >= 4 is 44.9 Å². The molecule has 1 aromatic rings. The Kier molecular flexibility index (Phi) is 9.32. The van der Waals surface area contributed by atoms with E-state index in [2.05, 4.69) is 28.5 Å². The molecule has 0 aliphatic heterocycles. The summed E-state index contributed by atoms with van der Waals surface area (Å²) in [6.45, 7) is 0.752. The number of anilines is 1. The van der Waals surface area contributed by atoms with Gasteiger partial charge in [-0.15, -0.1) is 10.3 Å². The molecule has 1 amide bonds. The largest absolute Gasteiger partial charge is 0.399 e. The van der Waals surface area contributed by atoms with E-state index in [1.807, 2.05) is 0 Å². The van der Waals surface area contributed by atoms with Crippen molar-refractivity contribution in [2.45, 2.75) is 44.2 Å². The molecule has 11 heteroatoms. The summed E-state index contributed by atoms with van der Waals surface area (Å²) in [5.74, 6) is 0.617. The number of nitrogen functional groups attached to an aromatic ring is 1. The van der Waals surface area contributed by atoms with Crippen LogP contribution in [0.15, 0.2) is 18.2 Å². The number of amides is 1. The summed E-state index contributed by atoms with van der Waals surface area (Å²) < 4.78 is 5.50. The van der Waals surface area contributed by atoms with Crippen molar-refractivity contribution in [2.24, 2.45) is 0 Å². The summed E-state index contributed by atoms with van der Waals surface area (Å²) in [5.41, 5.74) is 5.89. The predicted molar refractivity (Wildman–Crippen MR) is 131 cm³/mol. The van der Waals surface area contributed by atoms with Gasteiger partial charge in [-0.05, 0) is 50.1 Å². The fraction of sp³-hybridized carbons (Fsp3) is 0.600. The van der Waals surface area contributed by atoms with Crippen LogP contribution in [0.5, 0.6) is 0 Å². The van der Waals surface area contributed by atoms with Gasteiger partial charge in [0.2, 0.25) is 0 Å². The molecule has 5 N–H and O–H groups in total. The second-order valence-corrected chi connectivity index (χ2v) is 12.1. The Labute approximate surface area is 190 Å². The van der Waals surface area contributed by atoms with Crippen LogP contribution in [0.25, 0.3) is 0 Å². The zero-order valence-corrected chi connectivity index (χ0v) is 19.9. The number of nitrogens with one attached hydrogen (secondary N) is 3. The van der Waals surface area contributed by atoms with Crippen molar-refractivity contribution in [1.29, 1.82) is 0 Å². The molecule has 0 heterocycles. The number of nitro groups is 1. The van der Waals surface area contributed by atoms with Crippen LogP contribution in [0, 0.1) is 10.1 Å². The Bertz CT molecular complexity index is 806. The second kappa shape index (κ2) is 11.5. The number of nitrogens with two attached hydrogens (primary N) is 1. The Morgan fingerprint density at radius 3 is 2.52 bits per heavy atom. The van der Waals surface area contributed by atoms with Gasteiger partial charge in [0.1, 0.15) is 0 Å². The van der Waals surface area contributed by atoms with Crippen LogP contribution in [-0.2, 0) is 4.18 Å². The van der Waals surface area contributed by atoms with Crippen molar-refractivity contribution in [1.82, 2.24) is 16.0 Å². The third-order valence-corrected chi connectivity index (χ3v) is 7.80. The molecule has 0 bridgehead atoms. The quantitative estimate of drug-likeness (QED) is 0.142. The highest BCUT2D eigenvalue weighted by atomic mass is 32.3. The third kappa shape index (κ3) is 8.15. The Balaban J connectivity index is 1.91. The van der Waals surface area contributed by atoms with Gasteiger partial charge in [-0.25, -0.2) is 0 Å². The number of nitro benzene ring substituents is 1. The van der Waals surface area contributed by atoms with Crippen molar-refractivity contribution in [3.63, 3.8) is 0 Å². The second-order valence-electron chi connectivity index (χ2n) is 8.10. The van der Waals surface area contributed by atoms with Gasteiger partial charge in [-0.2, -0.15) is 0 Å². The molecule has 9 nitrogen and oxygen atoms in total. The minimum Gasteiger partial charge on any atom is -0.399 e. The summed E-state index contributed by atoms with van der Waals surface area (Å²) >= 11 is 5.44. The summed E-state index contributed by atoms with van der Waals surface area (Å²) in [6.07, 6.45) is 8.95. The van der Waals surface area contributed by atoms with Crippen LogP contribution in [-0.4, -0.2) is 59.9 Å². The van der Waals surface area contributed by atoms with E-state index in [-0.39, 0.29) is 34.9 Å². The first-order valence-electron chi connectivity index (χ1n) is 10.3. The molecule has 1 aromatic carbocycles. The van der Waals surface area contributed by atoms with Crippen LogP contribution in [0.4, 0.5) is 11.4 Å². The normalized spacial score (nSPS) is 19.3.